The van der Waals surface area contributed by atoms with Crippen molar-refractivity contribution in [2.75, 3.05) is 0 Å². The second-order valence-corrected chi connectivity index (χ2v) is 7.81. The Balaban J connectivity index is 1.82. The Hall–Kier alpha value is -2.90. The molecule has 0 aliphatic rings. The molecule has 3 aromatic heterocycles. The number of imidazole rings is 1. The number of nitrogens with two attached hydrogens (primary N) is 1. The van der Waals surface area contributed by atoms with Crippen molar-refractivity contribution >= 4 is 15.7 Å². The van der Waals surface area contributed by atoms with E-state index in [1.807, 2.05) is 48.8 Å². The molecule has 2 N–H and O–H groups in total. The van der Waals surface area contributed by atoms with E-state index in [9.17, 15) is 8.42 Å². The molecule has 6 nitrogen and oxygen atoms in total. The monoisotopic (exact) mass is 366 g/mol. The number of hydrogen-bond acceptors (Lipinski definition) is 3. The van der Waals surface area contributed by atoms with E-state index >= 15 is 0 Å². The van der Waals surface area contributed by atoms with Gasteiger partial charge in [-0.2, -0.15) is 0 Å². The van der Waals surface area contributed by atoms with Crippen molar-refractivity contribution in [2.45, 2.75) is 18.7 Å². The largest absolute Gasteiger partial charge is 0.318 e. The number of rotatable bonds is 3. The van der Waals surface area contributed by atoms with Crippen molar-refractivity contribution < 1.29 is 8.42 Å². The van der Waals surface area contributed by atoms with Gasteiger partial charge in [0.15, 0.2) is 0 Å². The average molecular weight is 366 g/mol. The first-order chi connectivity index (χ1) is 12.3. The summed E-state index contributed by atoms with van der Waals surface area (Å²) in [5.74, 6) is 0. The fourth-order valence-electron chi connectivity index (χ4n) is 3.27. The lowest BCUT2D eigenvalue weighted by molar-refractivity contribution is 0.598. The molecule has 132 valence electrons. The lowest BCUT2D eigenvalue weighted by Gasteiger charge is -2.10. The molecule has 0 unspecified atom stereocenters. The highest BCUT2D eigenvalue weighted by molar-refractivity contribution is 7.89. The van der Waals surface area contributed by atoms with Crippen molar-refractivity contribution in [3.05, 3.63) is 72.3 Å². The van der Waals surface area contributed by atoms with Gasteiger partial charge in [0.1, 0.15) is 5.65 Å². The van der Waals surface area contributed by atoms with Crippen LogP contribution in [0.3, 0.4) is 0 Å². The van der Waals surface area contributed by atoms with Crippen LogP contribution in [0.1, 0.15) is 11.4 Å². The quantitative estimate of drug-likeness (QED) is 0.605. The standard InChI is InChI=1S/C19H18N4O2S/c1-13-11-17(18-12-22-10-4-3-5-19(22)21-18)14(2)23(13)15-6-8-16(9-7-15)26(20,24)25/h3-12H,1-2H3,(H2,20,24,25). The van der Waals surface area contributed by atoms with Gasteiger partial charge in [0.2, 0.25) is 10.0 Å². The first-order valence-corrected chi connectivity index (χ1v) is 9.65. The minimum atomic E-state index is -3.70. The Morgan fingerprint density at radius 1 is 1.04 bits per heavy atom. The van der Waals surface area contributed by atoms with Gasteiger partial charge in [0.25, 0.3) is 0 Å². The summed E-state index contributed by atoms with van der Waals surface area (Å²) in [4.78, 5) is 4.79. The van der Waals surface area contributed by atoms with Crippen LogP contribution in [0.4, 0.5) is 0 Å². The Morgan fingerprint density at radius 3 is 2.42 bits per heavy atom. The zero-order valence-corrected chi connectivity index (χ0v) is 15.2. The molecule has 1 aromatic carbocycles. The summed E-state index contributed by atoms with van der Waals surface area (Å²) in [5, 5.41) is 5.18. The maximum absolute atomic E-state index is 11.4. The predicted molar refractivity (Wildman–Crippen MR) is 101 cm³/mol. The lowest BCUT2D eigenvalue weighted by Crippen LogP contribution is -2.12. The topological polar surface area (TPSA) is 82.4 Å². The van der Waals surface area contributed by atoms with Gasteiger partial charge < -0.3 is 8.97 Å². The van der Waals surface area contributed by atoms with Crippen molar-refractivity contribution in [2.24, 2.45) is 5.14 Å². The zero-order chi connectivity index (χ0) is 18.5. The molecule has 3 heterocycles. The van der Waals surface area contributed by atoms with Crippen LogP contribution < -0.4 is 5.14 Å². The molecule has 7 heteroatoms. The second-order valence-electron chi connectivity index (χ2n) is 6.25. The highest BCUT2D eigenvalue weighted by atomic mass is 32.2. The molecule has 0 fully saturated rings. The summed E-state index contributed by atoms with van der Waals surface area (Å²) in [7, 11) is -3.70. The third-order valence-electron chi connectivity index (χ3n) is 4.49. The maximum atomic E-state index is 11.4. The highest BCUT2D eigenvalue weighted by Gasteiger charge is 2.15. The molecule has 0 bridgehead atoms. The molecule has 0 saturated carbocycles. The van der Waals surface area contributed by atoms with Crippen LogP contribution in [0.2, 0.25) is 0 Å². The van der Waals surface area contributed by atoms with Gasteiger partial charge in [-0.1, -0.05) is 6.07 Å². The number of hydrogen-bond donors (Lipinski definition) is 1. The van der Waals surface area contributed by atoms with Crippen LogP contribution in [-0.4, -0.2) is 22.4 Å². The van der Waals surface area contributed by atoms with E-state index in [0.717, 1.165) is 34.0 Å². The molecule has 0 spiro atoms. The highest BCUT2D eigenvalue weighted by Crippen LogP contribution is 2.29. The first-order valence-electron chi connectivity index (χ1n) is 8.11. The van der Waals surface area contributed by atoms with Gasteiger partial charge >= 0.3 is 0 Å². The molecule has 4 aromatic rings. The van der Waals surface area contributed by atoms with Gasteiger partial charge in [-0.3, -0.25) is 0 Å². The fourth-order valence-corrected chi connectivity index (χ4v) is 3.78. The van der Waals surface area contributed by atoms with E-state index in [1.165, 1.54) is 12.1 Å². The number of benzene rings is 1. The summed E-state index contributed by atoms with van der Waals surface area (Å²) in [6.07, 6.45) is 3.97. The number of primary sulfonamides is 1. The third-order valence-corrected chi connectivity index (χ3v) is 5.42. The van der Waals surface area contributed by atoms with Gasteiger partial charge in [-0.15, -0.1) is 0 Å². The molecular weight excluding hydrogens is 348 g/mol. The van der Waals surface area contributed by atoms with Crippen LogP contribution in [0.5, 0.6) is 0 Å². The van der Waals surface area contributed by atoms with E-state index in [-0.39, 0.29) is 4.90 Å². The molecule has 0 radical (unpaired) electrons. The zero-order valence-electron chi connectivity index (χ0n) is 14.4. The number of sulfonamides is 1. The average Bonchev–Trinajstić information content (AvgIpc) is 3.15. The van der Waals surface area contributed by atoms with E-state index < -0.39 is 10.0 Å². The SMILES string of the molecule is Cc1cc(-c2cn3ccccc3n2)c(C)n1-c1ccc(S(N)(=O)=O)cc1. The van der Waals surface area contributed by atoms with Crippen LogP contribution in [-0.2, 0) is 10.0 Å². The normalized spacial score (nSPS) is 12.0. The number of aromatic nitrogens is 3. The smallest absolute Gasteiger partial charge is 0.238 e. The van der Waals surface area contributed by atoms with Crippen LogP contribution in [0, 0.1) is 13.8 Å². The molecule has 0 aliphatic carbocycles. The Labute approximate surface area is 151 Å². The Bertz CT molecular complexity index is 1190. The summed E-state index contributed by atoms with van der Waals surface area (Å²) in [6, 6.07) is 14.5. The van der Waals surface area contributed by atoms with Gasteiger partial charge in [-0.05, 0) is 56.3 Å². The molecule has 0 amide bonds. The minimum absolute atomic E-state index is 0.101. The van der Waals surface area contributed by atoms with E-state index in [1.54, 1.807) is 12.1 Å². The van der Waals surface area contributed by atoms with Gasteiger partial charge in [-0.25, -0.2) is 18.5 Å². The van der Waals surface area contributed by atoms with Crippen molar-refractivity contribution in [1.82, 2.24) is 14.0 Å². The molecule has 4 rings (SSSR count). The molecule has 26 heavy (non-hydrogen) atoms. The van der Waals surface area contributed by atoms with Crippen molar-refractivity contribution in [1.29, 1.82) is 0 Å². The summed E-state index contributed by atoms with van der Waals surface area (Å²) in [5.41, 5.74) is 5.79. The minimum Gasteiger partial charge on any atom is -0.318 e. The molecule has 0 atom stereocenters. The van der Waals surface area contributed by atoms with Crippen LogP contribution >= 0.6 is 0 Å². The van der Waals surface area contributed by atoms with Crippen LogP contribution in [0.15, 0.2) is 65.8 Å². The predicted octanol–water partition coefficient (Wildman–Crippen LogP) is 3.06. The molecule has 0 saturated heterocycles. The Kier molecular flexibility index (Phi) is 3.71. The number of nitrogens with zero attached hydrogens (tertiary/aromatic N) is 3. The van der Waals surface area contributed by atoms with E-state index in [2.05, 4.69) is 10.6 Å². The lowest BCUT2D eigenvalue weighted by atomic mass is 10.2. The van der Waals surface area contributed by atoms with E-state index in [4.69, 9.17) is 10.1 Å². The molecular formula is C19H18N4O2S. The number of pyridine rings is 1. The van der Waals surface area contributed by atoms with Gasteiger partial charge in [0.05, 0.1) is 10.6 Å². The van der Waals surface area contributed by atoms with Crippen LogP contribution in [0.25, 0.3) is 22.6 Å². The summed E-state index contributed by atoms with van der Waals surface area (Å²) in [6.45, 7) is 4.04. The third kappa shape index (κ3) is 2.71. The first kappa shape index (κ1) is 16.6. The fraction of sp³-hybridized carbons (Fsp3) is 0.105. The van der Waals surface area contributed by atoms with Gasteiger partial charge in [0, 0.05) is 35.0 Å². The number of aryl methyl sites for hydroxylation is 1. The summed E-state index contributed by atoms with van der Waals surface area (Å²) >= 11 is 0. The maximum Gasteiger partial charge on any atom is 0.238 e. The second kappa shape index (κ2) is 5.82. The van der Waals surface area contributed by atoms with Crippen molar-refractivity contribution in [3.63, 3.8) is 0 Å². The Morgan fingerprint density at radius 2 is 1.77 bits per heavy atom. The van der Waals surface area contributed by atoms with E-state index in [0.29, 0.717) is 0 Å². The van der Waals surface area contributed by atoms with Crippen molar-refractivity contribution in [3.8, 4) is 16.9 Å². The molecule has 0 aliphatic heterocycles. The summed E-state index contributed by atoms with van der Waals surface area (Å²) < 4.78 is 27.0. The number of fused-ring (bicyclic) bond motifs is 1.